The van der Waals surface area contributed by atoms with Gasteiger partial charge in [0, 0.05) is 6.42 Å². The minimum Gasteiger partial charge on any atom is -0.362 e. The molecule has 2 heteroatoms. The van der Waals surface area contributed by atoms with Crippen LogP contribution in [0.25, 0.3) is 5.53 Å². The van der Waals surface area contributed by atoms with Crippen LogP contribution in [0.15, 0.2) is 0 Å². The third-order valence-corrected chi connectivity index (χ3v) is 5.20. The zero-order chi connectivity index (χ0) is 17.9. The fourth-order valence-electron chi connectivity index (χ4n) is 3.53. The first-order chi connectivity index (χ1) is 11.8. The van der Waals surface area contributed by atoms with Crippen molar-refractivity contribution < 1.29 is 4.79 Å². The second kappa shape index (κ2) is 18.7. The van der Waals surface area contributed by atoms with Crippen molar-refractivity contribution in [1.82, 2.24) is 0 Å². The third-order valence-electron chi connectivity index (χ3n) is 5.20. The lowest BCUT2D eigenvalue weighted by atomic mass is 9.88. The number of hydrogen-bond acceptors (Lipinski definition) is 0. The van der Waals surface area contributed by atoms with Gasteiger partial charge in [-0.1, -0.05) is 104 Å². The maximum Gasteiger partial charge on any atom is 0.271 e. The van der Waals surface area contributed by atoms with E-state index in [1.165, 1.54) is 103 Å². The Kier molecular flexibility index (Phi) is 18.2. The summed E-state index contributed by atoms with van der Waals surface area (Å²) < 4.78 is 0. The molecule has 0 bridgehead atoms. The number of rotatable bonds is 18. The van der Waals surface area contributed by atoms with Gasteiger partial charge < -0.3 is 5.53 Å². The first kappa shape index (κ1) is 23.4. The van der Waals surface area contributed by atoms with Gasteiger partial charge in [0.15, 0.2) is 0 Å². The van der Waals surface area contributed by atoms with Crippen LogP contribution in [-0.4, -0.2) is 10.5 Å². The van der Waals surface area contributed by atoms with Crippen LogP contribution in [0.5, 0.6) is 0 Å². The van der Waals surface area contributed by atoms with Crippen LogP contribution in [0, 0.1) is 5.92 Å². The van der Waals surface area contributed by atoms with Crippen molar-refractivity contribution in [3.63, 3.8) is 0 Å². The Morgan fingerprint density at radius 1 is 0.625 bits per heavy atom. The Labute approximate surface area is 152 Å². The first-order valence-electron chi connectivity index (χ1n) is 11.0. The molecule has 0 aliphatic carbocycles. The Bertz CT molecular complexity index is 305. The van der Waals surface area contributed by atoms with Gasteiger partial charge in [0.2, 0.25) is 0 Å². The average Bonchev–Trinajstić information content (AvgIpc) is 2.60. The molecule has 0 rings (SSSR count). The SMILES string of the molecule is CCCCCCCC(=[N+]=[N-])C(CCCCCC)CCCCCCC. The number of hydrogen-bond donors (Lipinski definition) is 0. The summed E-state index contributed by atoms with van der Waals surface area (Å²) in [6, 6.07) is 0. The lowest BCUT2D eigenvalue weighted by Gasteiger charge is -2.13. The van der Waals surface area contributed by atoms with E-state index < -0.39 is 0 Å². The molecular weight excluding hydrogens is 292 g/mol. The number of nitrogens with zero attached hydrogens (tertiary/aromatic N) is 2. The predicted molar refractivity (Wildman–Crippen MR) is 108 cm³/mol. The van der Waals surface area contributed by atoms with Crippen molar-refractivity contribution in [1.29, 1.82) is 0 Å². The molecule has 0 spiro atoms. The topological polar surface area (TPSA) is 36.4 Å². The van der Waals surface area contributed by atoms with Crippen LogP contribution in [0.2, 0.25) is 0 Å². The number of unbranched alkanes of at least 4 members (excludes halogenated alkanes) is 11. The monoisotopic (exact) mass is 336 g/mol. The average molecular weight is 337 g/mol. The molecule has 0 saturated heterocycles. The molecule has 0 aromatic rings. The molecule has 142 valence electrons. The molecule has 1 unspecified atom stereocenters. The van der Waals surface area contributed by atoms with Crippen molar-refractivity contribution >= 4 is 5.71 Å². The highest BCUT2D eigenvalue weighted by Crippen LogP contribution is 2.22. The van der Waals surface area contributed by atoms with Gasteiger partial charge in [-0.15, -0.1) is 0 Å². The summed E-state index contributed by atoms with van der Waals surface area (Å²) in [6.07, 6.45) is 21.8. The largest absolute Gasteiger partial charge is 0.362 e. The van der Waals surface area contributed by atoms with E-state index in [4.69, 9.17) is 0 Å². The molecule has 0 aliphatic rings. The van der Waals surface area contributed by atoms with Crippen molar-refractivity contribution in [3.8, 4) is 0 Å². The molecule has 0 heterocycles. The molecule has 24 heavy (non-hydrogen) atoms. The molecular formula is C22H44N2. The maximum absolute atomic E-state index is 9.53. The molecule has 0 N–H and O–H groups in total. The second-order valence-corrected chi connectivity index (χ2v) is 7.50. The van der Waals surface area contributed by atoms with Gasteiger partial charge in [0.1, 0.15) is 0 Å². The van der Waals surface area contributed by atoms with Gasteiger partial charge in [-0.25, -0.2) is 0 Å². The van der Waals surface area contributed by atoms with Crippen LogP contribution in [0.1, 0.15) is 130 Å². The van der Waals surface area contributed by atoms with E-state index >= 15 is 0 Å². The van der Waals surface area contributed by atoms with Crippen LogP contribution >= 0.6 is 0 Å². The smallest absolute Gasteiger partial charge is 0.271 e. The van der Waals surface area contributed by atoms with Crippen molar-refractivity contribution in [2.24, 2.45) is 5.92 Å². The Hall–Kier alpha value is -0.620. The summed E-state index contributed by atoms with van der Waals surface area (Å²) in [5.41, 5.74) is 10.6. The summed E-state index contributed by atoms with van der Waals surface area (Å²) >= 11 is 0. The quantitative estimate of drug-likeness (QED) is 0.105. The standard InChI is InChI=1S/C22H44N2/c1-4-7-10-13-16-19-21(18-15-12-9-6-3)22(24-23)20-17-14-11-8-5-2/h21H,4-20H2,1-3H3. The lowest BCUT2D eigenvalue weighted by Crippen LogP contribution is -2.16. The van der Waals surface area contributed by atoms with Gasteiger partial charge >= 0.3 is 0 Å². The van der Waals surface area contributed by atoms with E-state index in [-0.39, 0.29) is 0 Å². The van der Waals surface area contributed by atoms with E-state index in [1.54, 1.807) is 0 Å². The van der Waals surface area contributed by atoms with Crippen LogP contribution in [-0.2, 0) is 0 Å². The van der Waals surface area contributed by atoms with E-state index in [0.717, 1.165) is 12.1 Å². The predicted octanol–water partition coefficient (Wildman–Crippen LogP) is 7.96. The van der Waals surface area contributed by atoms with Gasteiger partial charge in [-0.2, -0.15) is 4.79 Å². The molecule has 0 fully saturated rings. The van der Waals surface area contributed by atoms with Crippen LogP contribution in [0.3, 0.4) is 0 Å². The molecule has 0 aromatic carbocycles. The zero-order valence-corrected chi connectivity index (χ0v) is 17.0. The minimum absolute atomic E-state index is 0.527. The van der Waals surface area contributed by atoms with Gasteiger partial charge in [-0.3, -0.25) is 0 Å². The second-order valence-electron chi connectivity index (χ2n) is 7.50. The first-order valence-corrected chi connectivity index (χ1v) is 11.0. The minimum atomic E-state index is 0.527. The zero-order valence-electron chi connectivity index (χ0n) is 17.0. The Morgan fingerprint density at radius 2 is 1.04 bits per heavy atom. The van der Waals surface area contributed by atoms with Crippen molar-refractivity contribution in [3.05, 3.63) is 5.53 Å². The molecule has 0 radical (unpaired) electrons. The molecule has 0 aromatic heterocycles. The third kappa shape index (κ3) is 13.8. The van der Waals surface area contributed by atoms with Gasteiger partial charge in [-0.05, 0) is 19.3 Å². The summed E-state index contributed by atoms with van der Waals surface area (Å²) in [5.74, 6) is 0.527. The molecule has 1 atom stereocenters. The van der Waals surface area contributed by atoms with E-state index in [2.05, 4.69) is 25.6 Å². The van der Waals surface area contributed by atoms with Gasteiger partial charge in [0.25, 0.3) is 5.71 Å². The summed E-state index contributed by atoms with van der Waals surface area (Å²) in [7, 11) is 0. The fourth-order valence-corrected chi connectivity index (χ4v) is 3.53. The summed E-state index contributed by atoms with van der Waals surface area (Å²) in [6.45, 7) is 6.79. The summed E-state index contributed by atoms with van der Waals surface area (Å²) in [5, 5.41) is 0. The van der Waals surface area contributed by atoms with Gasteiger partial charge in [0.05, 0.1) is 5.92 Å². The highest BCUT2D eigenvalue weighted by Gasteiger charge is 2.22. The molecule has 2 nitrogen and oxygen atoms in total. The fraction of sp³-hybridized carbons (Fsp3) is 0.955. The molecule has 0 amide bonds. The van der Waals surface area contributed by atoms with Crippen molar-refractivity contribution in [2.45, 2.75) is 130 Å². The van der Waals surface area contributed by atoms with E-state index in [1.807, 2.05) is 0 Å². The highest BCUT2D eigenvalue weighted by atomic mass is 14.9. The molecule has 0 aliphatic heterocycles. The van der Waals surface area contributed by atoms with E-state index in [0.29, 0.717) is 5.92 Å². The van der Waals surface area contributed by atoms with Crippen LogP contribution < -0.4 is 0 Å². The molecule has 0 saturated carbocycles. The maximum atomic E-state index is 9.53. The van der Waals surface area contributed by atoms with E-state index in [9.17, 15) is 5.53 Å². The Morgan fingerprint density at radius 3 is 1.50 bits per heavy atom. The highest BCUT2D eigenvalue weighted by molar-refractivity contribution is 5.81. The normalized spacial score (nSPS) is 12.1. The van der Waals surface area contributed by atoms with Crippen LogP contribution in [0.4, 0.5) is 0 Å². The summed E-state index contributed by atoms with van der Waals surface area (Å²) in [4.78, 5) is 3.74. The van der Waals surface area contributed by atoms with Crippen molar-refractivity contribution in [2.75, 3.05) is 0 Å². The lowest BCUT2D eigenvalue weighted by molar-refractivity contribution is -0.0173. The Balaban J connectivity index is 4.25.